The highest BCUT2D eigenvalue weighted by molar-refractivity contribution is 5.92. The molecule has 1 amide bonds. The summed E-state index contributed by atoms with van der Waals surface area (Å²) in [5.74, 6) is 1.34. The summed E-state index contributed by atoms with van der Waals surface area (Å²) < 4.78 is 3.83. The second-order valence-corrected chi connectivity index (χ2v) is 6.48. The number of likely N-dealkylation sites (tertiary alicyclic amines) is 1. The number of nitrogens with zero attached hydrogens (tertiary/aromatic N) is 5. The first-order valence-corrected chi connectivity index (χ1v) is 8.34. The third kappa shape index (κ3) is 2.48. The molecule has 6 heteroatoms. The molecule has 1 unspecified atom stereocenters. The Balaban J connectivity index is 1.60. The minimum Gasteiger partial charge on any atom is -0.337 e. The van der Waals surface area contributed by atoms with E-state index >= 15 is 0 Å². The van der Waals surface area contributed by atoms with Gasteiger partial charge in [0.05, 0.1) is 11.0 Å². The van der Waals surface area contributed by atoms with Crippen LogP contribution in [0.15, 0.2) is 36.5 Å². The molecule has 0 radical (unpaired) electrons. The number of benzene rings is 1. The van der Waals surface area contributed by atoms with Crippen molar-refractivity contribution < 1.29 is 4.79 Å². The first-order chi connectivity index (χ1) is 11.6. The number of fused-ring (bicyclic) bond motifs is 1. The zero-order valence-electron chi connectivity index (χ0n) is 14.0. The van der Waals surface area contributed by atoms with Crippen molar-refractivity contribution in [2.24, 2.45) is 14.1 Å². The van der Waals surface area contributed by atoms with Gasteiger partial charge in [-0.15, -0.1) is 0 Å². The van der Waals surface area contributed by atoms with E-state index in [4.69, 9.17) is 4.98 Å². The summed E-state index contributed by atoms with van der Waals surface area (Å²) in [6.07, 6.45) is 3.86. The molecule has 0 saturated carbocycles. The van der Waals surface area contributed by atoms with Crippen molar-refractivity contribution in [1.82, 2.24) is 24.2 Å². The Hall–Kier alpha value is -2.63. The van der Waals surface area contributed by atoms with Crippen molar-refractivity contribution >= 4 is 16.9 Å². The highest BCUT2D eigenvalue weighted by Crippen LogP contribution is 2.29. The average Bonchev–Trinajstić information content (AvgIpc) is 3.19. The zero-order chi connectivity index (χ0) is 16.7. The monoisotopic (exact) mass is 323 g/mol. The van der Waals surface area contributed by atoms with Gasteiger partial charge in [-0.2, -0.15) is 5.10 Å². The van der Waals surface area contributed by atoms with Crippen molar-refractivity contribution in [3.05, 3.63) is 48.0 Å². The molecule has 3 heterocycles. The predicted octanol–water partition coefficient (Wildman–Crippen LogP) is 2.33. The van der Waals surface area contributed by atoms with Crippen LogP contribution < -0.4 is 0 Å². The fourth-order valence-electron chi connectivity index (χ4n) is 3.59. The standard InChI is InChI=1S/C18H21N5O/c1-21-11-9-15(20-21)18(24)23-10-5-6-13(12-23)17-19-14-7-3-4-8-16(14)22(17)2/h3-4,7-9,11,13H,5-6,10,12H2,1-2H3. The molecular weight excluding hydrogens is 302 g/mol. The van der Waals surface area contributed by atoms with Gasteiger partial charge in [-0.3, -0.25) is 9.48 Å². The number of para-hydroxylation sites is 2. The quantitative estimate of drug-likeness (QED) is 0.727. The zero-order valence-corrected chi connectivity index (χ0v) is 14.0. The smallest absolute Gasteiger partial charge is 0.274 e. The van der Waals surface area contributed by atoms with Crippen molar-refractivity contribution in [2.75, 3.05) is 13.1 Å². The van der Waals surface area contributed by atoms with E-state index in [-0.39, 0.29) is 11.8 Å². The summed E-state index contributed by atoms with van der Waals surface area (Å²) in [6.45, 7) is 1.49. The number of aryl methyl sites for hydroxylation is 2. The largest absolute Gasteiger partial charge is 0.337 e. The predicted molar refractivity (Wildman–Crippen MR) is 91.8 cm³/mol. The topological polar surface area (TPSA) is 56.0 Å². The van der Waals surface area contributed by atoms with E-state index in [1.807, 2.05) is 30.1 Å². The Morgan fingerprint density at radius 2 is 2.04 bits per heavy atom. The molecule has 124 valence electrons. The Morgan fingerprint density at radius 1 is 1.21 bits per heavy atom. The van der Waals surface area contributed by atoms with E-state index in [1.165, 1.54) is 0 Å². The van der Waals surface area contributed by atoms with Crippen LogP contribution in [0.1, 0.15) is 35.1 Å². The summed E-state index contributed by atoms with van der Waals surface area (Å²) >= 11 is 0. The number of aromatic nitrogens is 4. The van der Waals surface area contributed by atoms with Crippen LogP contribution in [0.25, 0.3) is 11.0 Å². The molecule has 1 aliphatic rings. The molecule has 0 aliphatic carbocycles. The van der Waals surface area contributed by atoms with E-state index in [2.05, 4.69) is 22.8 Å². The van der Waals surface area contributed by atoms with Gasteiger partial charge in [0.25, 0.3) is 5.91 Å². The molecule has 24 heavy (non-hydrogen) atoms. The molecule has 3 aromatic rings. The van der Waals surface area contributed by atoms with E-state index in [1.54, 1.807) is 16.9 Å². The number of hydrogen-bond acceptors (Lipinski definition) is 3. The van der Waals surface area contributed by atoms with Crippen LogP contribution in [0, 0.1) is 0 Å². The Bertz CT molecular complexity index is 894. The molecule has 1 fully saturated rings. The maximum atomic E-state index is 12.7. The SMILES string of the molecule is Cn1ccc(C(=O)N2CCCC(c3nc4ccccc4n3C)C2)n1. The van der Waals surface area contributed by atoms with Gasteiger partial charge >= 0.3 is 0 Å². The first kappa shape index (κ1) is 14.9. The lowest BCUT2D eigenvalue weighted by molar-refractivity contribution is 0.0697. The fourth-order valence-corrected chi connectivity index (χ4v) is 3.59. The van der Waals surface area contributed by atoms with Crippen LogP contribution in [-0.2, 0) is 14.1 Å². The number of carbonyl (C=O) groups is 1. The summed E-state index contributed by atoms with van der Waals surface area (Å²) in [6, 6.07) is 9.95. The molecule has 1 saturated heterocycles. The maximum Gasteiger partial charge on any atom is 0.274 e. The second-order valence-electron chi connectivity index (χ2n) is 6.48. The molecule has 1 atom stereocenters. The highest BCUT2D eigenvalue weighted by Gasteiger charge is 2.29. The van der Waals surface area contributed by atoms with E-state index < -0.39 is 0 Å². The van der Waals surface area contributed by atoms with Gasteiger partial charge in [-0.05, 0) is 31.0 Å². The van der Waals surface area contributed by atoms with Crippen molar-refractivity contribution in [2.45, 2.75) is 18.8 Å². The number of amides is 1. The molecule has 0 N–H and O–H groups in total. The third-order valence-corrected chi connectivity index (χ3v) is 4.83. The highest BCUT2D eigenvalue weighted by atomic mass is 16.2. The second kappa shape index (κ2) is 5.78. The minimum absolute atomic E-state index is 0.0130. The molecule has 1 aliphatic heterocycles. The number of rotatable bonds is 2. The van der Waals surface area contributed by atoms with Gasteiger partial charge in [0, 0.05) is 39.3 Å². The Kier molecular flexibility index (Phi) is 3.59. The van der Waals surface area contributed by atoms with Gasteiger partial charge in [0.1, 0.15) is 11.5 Å². The molecular formula is C18H21N5O. The minimum atomic E-state index is 0.0130. The summed E-state index contributed by atoms with van der Waals surface area (Å²) in [7, 11) is 3.89. The molecule has 1 aromatic carbocycles. The van der Waals surface area contributed by atoms with Crippen molar-refractivity contribution in [1.29, 1.82) is 0 Å². The Labute approximate surface area is 140 Å². The number of piperidine rings is 1. The van der Waals surface area contributed by atoms with Crippen LogP contribution in [0.3, 0.4) is 0 Å². The first-order valence-electron chi connectivity index (χ1n) is 8.34. The van der Waals surface area contributed by atoms with Crippen molar-refractivity contribution in [3.63, 3.8) is 0 Å². The van der Waals surface area contributed by atoms with Crippen molar-refractivity contribution in [3.8, 4) is 0 Å². The van der Waals surface area contributed by atoms with Crippen LogP contribution in [0.5, 0.6) is 0 Å². The number of hydrogen-bond donors (Lipinski definition) is 0. The number of carbonyl (C=O) groups excluding carboxylic acids is 1. The van der Waals surface area contributed by atoms with E-state index in [9.17, 15) is 4.79 Å². The lowest BCUT2D eigenvalue weighted by Crippen LogP contribution is -2.40. The van der Waals surface area contributed by atoms with Crippen LogP contribution in [0.4, 0.5) is 0 Å². The van der Waals surface area contributed by atoms with Gasteiger partial charge in [0.15, 0.2) is 0 Å². The fraction of sp³-hybridized carbons (Fsp3) is 0.389. The molecule has 2 aromatic heterocycles. The van der Waals surface area contributed by atoms with Crippen LogP contribution in [0.2, 0.25) is 0 Å². The van der Waals surface area contributed by atoms with Gasteiger partial charge in [-0.25, -0.2) is 4.98 Å². The van der Waals surface area contributed by atoms with Crippen LogP contribution in [-0.4, -0.2) is 43.2 Å². The lowest BCUT2D eigenvalue weighted by Gasteiger charge is -2.32. The molecule has 4 rings (SSSR count). The normalized spacial score (nSPS) is 18.2. The lowest BCUT2D eigenvalue weighted by atomic mass is 9.97. The third-order valence-electron chi connectivity index (χ3n) is 4.83. The van der Waals surface area contributed by atoms with E-state index in [0.717, 1.165) is 36.2 Å². The average molecular weight is 323 g/mol. The van der Waals surface area contributed by atoms with Gasteiger partial charge in [-0.1, -0.05) is 12.1 Å². The number of imidazole rings is 1. The van der Waals surface area contributed by atoms with Crippen LogP contribution >= 0.6 is 0 Å². The maximum absolute atomic E-state index is 12.7. The summed E-state index contributed by atoms with van der Waals surface area (Å²) in [5, 5.41) is 4.24. The van der Waals surface area contributed by atoms with E-state index in [0.29, 0.717) is 12.2 Å². The summed E-state index contributed by atoms with van der Waals surface area (Å²) in [4.78, 5) is 19.4. The Morgan fingerprint density at radius 3 is 2.79 bits per heavy atom. The molecule has 6 nitrogen and oxygen atoms in total. The van der Waals surface area contributed by atoms with Gasteiger partial charge in [0.2, 0.25) is 0 Å². The van der Waals surface area contributed by atoms with Gasteiger partial charge < -0.3 is 9.47 Å². The summed E-state index contributed by atoms with van der Waals surface area (Å²) in [5.41, 5.74) is 2.67. The molecule has 0 bridgehead atoms. The molecule has 0 spiro atoms.